The number of carbonyl (C=O) groups excluding carboxylic acids is 1. The van der Waals surface area contributed by atoms with Crippen LogP contribution in [0.15, 0.2) is 16.3 Å². The Morgan fingerprint density at radius 3 is 2.70 bits per heavy atom. The lowest BCUT2D eigenvalue weighted by Gasteiger charge is -2.42. The van der Waals surface area contributed by atoms with Gasteiger partial charge in [0.05, 0.1) is 10.9 Å². The van der Waals surface area contributed by atoms with E-state index in [-0.39, 0.29) is 40.5 Å². The summed E-state index contributed by atoms with van der Waals surface area (Å²) in [5, 5.41) is 0. The number of nitrogens with one attached hydrogen (secondary N) is 1. The van der Waals surface area contributed by atoms with Crippen LogP contribution in [0.5, 0.6) is 0 Å². The topological polar surface area (TPSA) is 92.5 Å². The number of halogens is 2. The Morgan fingerprint density at radius 2 is 2.17 bits per heavy atom. The number of nitrogens with two attached hydrogens (primary N) is 1. The first-order valence-electron chi connectivity index (χ1n) is 6.90. The minimum Gasteiger partial charge on any atom is -0.341 e. The Bertz CT molecular complexity index is 661. The number of hydrogen-bond acceptors (Lipinski definition) is 5. The Hall–Kier alpha value is -0.380. The van der Waals surface area contributed by atoms with Crippen LogP contribution in [0.3, 0.4) is 0 Å². The normalized spacial score (nSPS) is 20.9. The summed E-state index contributed by atoms with van der Waals surface area (Å²) in [6.45, 7) is 4.84. The van der Waals surface area contributed by atoms with E-state index in [2.05, 4.69) is 4.72 Å². The highest BCUT2D eigenvalue weighted by molar-refractivity contribution is 7.91. The molecule has 2 heterocycles. The molecule has 132 valence electrons. The Balaban J connectivity index is 0.00000264. The van der Waals surface area contributed by atoms with Crippen LogP contribution in [0.1, 0.15) is 20.3 Å². The fourth-order valence-corrected chi connectivity index (χ4v) is 4.87. The van der Waals surface area contributed by atoms with E-state index in [1.165, 1.54) is 12.1 Å². The predicted octanol–water partition coefficient (Wildman–Crippen LogP) is 1.69. The van der Waals surface area contributed by atoms with Gasteiger partial charge in [-0.15, -0.1) is 23.7 Å². The summed E-state index contributed by atoms with van der Waals surface area (Å²) in [4.78, 5) is 13.9. The van der Waals surface area contributed by atoms with E-state index < -0.39 is 10.0 Å². The van der Waals surface area contributed by atoms with Crippen molar-refractivity contribution in [1.82, 2.24) is 9.62 Å². The number of likely N-dealkylation sites (tertiary alicyclic amines) is 1. The zero-order valence-corrected chi connectivity index (χ0v) is 16.1. The molecule has 1 aromatic heterocycles. The van der Waals surface area contributed by atoms with Gasteiger partial charge in [-0.1, -0.05) is 25.4 Å². The van der Waals surface area contributed by atoms with Crippen molar-refractivity contribution in [2.75, 3.05) is 19.6 Å². The van der Waals surface area contributed by atoms with Gasteiger partial charge in [0.25, 0.3) is 10.0 Å². The largest absolute Gasteiger partial charge is 0.341 e. The zero-order chi connectivity index (χ0) is 16.5. The number of amides is 1. The molecule has 1 aliphatic heterocycles. The van der Waals surface area contributed by atoms with Gasteiger partial charge in [0, 0.05) is 19.1 Å². The third-order valence-electron chi connectivity index (χ3n) is 3.89. The summed E-state index contributed by atoms with van der Waals surface area (Å²) in [6.07, 6.45) is 0.714. The predicted molar refractivity (Wildman–Crippen MR) is 94.7 cm³/mol. The van der Waals surface area contributed by atoms with Crippen LogP contribution in [0.4, 0.5) is 0 Å². The lowest BCUT2D eigenvalue weighted by Crippen LogP contribution is -2.55. The highest BCUT2D eigenvalue weighted by atomic mass is 35.5. The van der Waals surface area contributed by atoms with Crippen molar-refractivity contribution in [3.8, 4) is 0 Å². The second kappa shape index (κ2) is 7.67. The van der Waals surface area contributed by atoms with E-state index >= 15 is 0 Å². The molecule has 1 atom stereocenters. The molecule has 0 bridgehead atoms. The van der Waals surface area contributed by atoms with Crippen LogP contribution >= 0.6 is 35.3 Å². The lowest BCUT2D eigenvalue weighted by atomic mass is 9.80. The molecule has 0 saturated carbocycles. The standard InChI is InChI=1S/C13H20ClN3O3S2.ClH/c1-13(2)8-17(6-5-9(13)15)11(18)7-16-22(19,20)12-4-3-10(14)21-12;/h3-4,9,16H,5-8,15H2,1-2H3;1H. The van der Waals surface area contributed by atoms with Gasteiger partial charge in [0.1, 0.15) is 4.21 Å². The van der Waals surface area contributed by atoms with E-state index in [9.17, 15) is 13.2 Å². The van der Waals surface area contributed by atoms with Gasteiger partial charge in [-0.25, -0.2) is 13.1 Å². The van der Waals surface area contributed by atoms with Crippen molar-refractivity contribution in [1.29, 1.82) is 0 Å². The van der Waals surface area contributed by atoms with E-state index in [0.29, 0.717) is 23.8 Å². The minimum absolute atomic E-state index is 0. The molecular formula is C13H21Cl2N3O3S2. The first kappa shape index (κ1) is 20.7. The molecule has 1 unspecified atom stereocenters. The maximum Gasteiger partial charge on any atom is 0.250 e. The summed E-state index contributed by atoms with van der Waals surface area (Å²) in [7, 11) is -3.70. The fourth-order valence-electron chi connectivity index (χ4n) is 2.37. The molecule has 0 spiro atoms. The van der Waals surface area contributed by atoms with Crippen LogP contribution < -0.4 is 10.5 Å². The summed E-state index contributed by atoms with van der Waals surface area (Å²) < 4.78 is 26.9. The first-order chi connectivity index (χ1) is 10.1. The van der Waals surface area contributed by atoms with Crippen molar-refractivity contribution < 1.29 is 13.2 Å². The van der Waals surface area contributed by atoms with Crippen LogP contribution in [0.25, 0.3) is 0 Å². The molecule has 10 heteroatoms. The maximum atomic E-state index is 12.2. The molecule has 2 rings (SSSR count). The number of piperidine rings is 1. The van der Waals surface area contributed by atoms with Crippen LogP contribution in [0, 0.1) is 5.41 Å². The highest BCUT2D eigenvalue weighted by Crippen LogP contribution is 2.28. The number of carbonyl (C=O) groups is 1. The van der Waals surface area contributed by atoms with Crippen LogP contribution in [-0.2, 0) is 14.8 Å². The molecule has 1 fully saturated rings. The maximum absolute atomic E-state index is 12.2. The second-order valence-corrected chi connectivity index (χ2v) is 9.79. The monoisotopic (exact) mass is 401 g/mol. The number of thiophene rings is 1. The third kappa shape index (κ3) is 5.04. The molecule has 6 nitrogen and oxygen atoms in total. The Labute approximate surface area is 151 Å². The molecule has 1 aliphatic rings. The van der Waals surface area contributed by atoms with Gasteiger partial charge in [0.15, 0.2) is 0 Å². The van der Waals surface area contributed by atoms with Gasteiger partial charge in [-0.2, -0.15) is 0 Å². The van der Waals surface area contributed by atoms with Gasteiger partial charge >= 0.3 is 0 Å². The van der Waals surface area contributed by atoms with Crippen molar-refractivity contribution in [2.45, 2.75) is 30.5 Å². The zero-order valence-electron chi connectivity index (χ0n) is 12.9. The summed E-state index contributed by atoms with van der Waals surface area (Å²) in [5.74, 6) is -0.244. The number of rotatable bonds is 4. The molecule has 1 saturated heterocycles. The Kier molecular flexibility index (Phi) is 6.89. The van der Waals surface area contributed by atoms with Gasteiger partial charge in [-0.05, 0) is 24.0 Å². The molecular weight excluding hydrogens is 381 g/mol. The van der Waals surface area contributed by atoms with Crippen molar-refractivity contribution >= 4 is 51.3 Å². The minimum atomic E-state index is -3.70. The quantitative estimate of drug-likeness (QED) is 0.802. The summed E-state index contributed by atoms with van der Waals surface area (Å²) in [5.41, 5.74) is 5.86. The van der Waals surface area contributed by atoms with Crippen LogP contribution in [-0.4, -0.2) is 44.9 Å². The number of nitrogens with zero attached hydrogens (tertiary/aromatic N) is 1. The van der Waals surface area contributed by atoms with Crippen molar-refractivity contribution in [3.05, 3.63) is 16.5 Å². The van der Waals surface area contributed by atoms with Crippen molar-refractivity contribution in [3.63, 3.8) is 0 Å². The van der Waals surface area contributed by atoms with E-state index in [1.54, 1.807) is 4.90 Å². The molecule has 0 aliphatic carbocycles. The van der Waals surface area contributed by atoms with Crippen molar-refractivity contribution in [2.24, 2.45) is 11.1 Å². The Morgan fingerprint density at radius 1 is 1.52 bits per heavy atom. The van der Waals surface area contributed by atoms with E-state index in [0.717, 1.165) is 11.3 Å². The summed E-state index contributed by atoms with van der Waals surface area (Å²) >= 11 is 6.69. The smallest absolute Gasteiger partial charge is 0.250 e. The molecule has 1 aromatic rings. The van der Waals surface area contributed by atoms with Gasteiger partial charge in [0.2, 0.25) is 5.91 Å². The third-order valence-corrected chi connectivity index (χ3v) is 7.02. The van der Waals surface area contributed by atoms with E-state index in [4.69, 9.17) is 17.3 Å². The average molecular weight is 402 g/mol. The van der Waals surface area contributed by atoms with Gasteiger partial charge in [-0.3, -0.25) is 4.79 Å². The number of hydrogen-bond donors (Lipinski definition) is 2. The highest BCUT2D eigenvalue weighted by Gasteiger charge is 2.35. The van der Waals surface area contributed by atoms with Gasteiger partial charge < -0.3 is 10.6 Å². The fraction of sp³-hybridized carbons (Fsp3) is 0.615. The van der Waals surface area contributed by atoms with Crippen LogP contribution in [0.2, 0.25) is 4.34 Å². The lowest BCUT2D eigenvalue weighted by molar-refractivity contribution is -0.133. The molecule has 0 aromatic carbocycles. The molecule has 23 heavy (non-hydrogen) atoms. The summed E-state index contributed by atoms with van der Waals surface area (Å²) in [6, 6.07) is 2.97. The molecule has 0 radical (unpaired) electrons. The first-order valence-corrected chi connectivity index (χ1v) is 9.58. The number of sulfonamides is 1. The van der Waals surface area contributed by atoms with E-state index in [1.807, 2.05) is 13.8 Å². The molecule has 3 N–H and O–H groups in total. The average Bonchev–Trinajstić information content (AvgIpc) is 2.86. The second-order valence-electron chi connectivity index (χ2n) is 6.08. The molecule has 1 amide bonds. The SMILES string of the molecule is CC1(C)CN(C(=O)CNS(=O)(=O)c2ccc(Cl)s2)CCC1N.Cl.